The number of benzene rings is 6. The van der Waals surface area contributed by atoms with Crippen LogP contribution >= 0.6 is 0 Å². The molecule has 3 aromatic heterocycles. The highest BCUT2D eigenvalue weighted by Gasteiger charge is 2.23. The summed E-state index contributed by atoms with van der Waals surface area (Å²) in [4.78, 5) is 0. The first-order valence-corrected chi connectivity index (χ1v) is 13.1. The molecule has 9 aromatic rings. The van der Waals surface area contributed by atoms with Gasteiger partial charge in [-0.3, -0.25) is 0 Å². The van der Waals surface area contributed by atoms with Crippen molar-refractivity contribution in [3.8, 4) is 16.8 Å². The Kier molecular flexibility index (Phi) is 3.82. The minimum atomic E-state index is 1.20. The fourth-order valence-electron chi connectivity index (χ4n) is 6.76. The van der Waals surface area contributed by atoms with E-state index in [1.54, 1.807) is 0 Å². The van der Waals surface area contributed by atoms with Crippen LogP contribution in [0.3, 0.4) is 0 Å². The molecule has 176 valence electrons. The molecule has 0 unspecified atom stereocenters. The lowest BCUT2D eigenvalue weighted by atomic mass is 10.0. The Labute approximate surface area is 218 Å². The van der Waals surface area contributed by atoms with Crippen LogP contribution in [0.2, 0.25) is 0 Å². The molecular formula is C36H22N2. The SMILES string of the molecule is c1ccc(-c2ccccc2-n2c3cccc4c5ccccc5n5c6ccccc6c6ccc2c(c43)c65)cc1. The summed E-state index contributed by atoms with van der Waals surface area (Å²) in [6.07, 6.45) is 0. The molecule has 0 aliphatic carbocycles. The minimum absolute atomic E-state index is 1.20. The van der Waals surface area contributed by atoms with Gasteiger partial charge in [0.25, 0.3) is 0 Å². The summed E-state index contributed by atoms with van der Waals surface area (Å²) in [6.45, 7) is 0. The first-order valence-electron chi connectivity index (χ1n) is 13.1. The van der Waals surface area contributed by atoms with Crippen LogP contribution < -0.4 is 0 Å². The Bertz CT molecular complexity index is 2330. The molecule has 0 aliphatic rings. The van der Waals surface area contributed by atoms with Gasteiger partial charge in [0.15, 0.2) is 0 Å². The van der Waals surface area contributed by atoms with Gasteiger partial charge in [-0.1, -0.05) is 103 Å². The Morgan fingerprint density at radius 1 is 0.368 bits per heavy atom. The average Bonchev–Trinajstić information content (AvgIpc) is 3.46. The largest absolute Gasteiger partial charge is 0.309 e. The number of fused-ring (bicyclic) bond motifs is 6. The summed E-state index contributed by atoms with van der Waals surface area (Å²) in [5.41, 5.74) is 9.92. The van der Waals surface area contributed by atoms with Gasteiger partial charge in [-0.15, -0.1) is 0 Å². The summed E-state index contributed by atoms with van der Waals surface area (Å²) in [5, 5.41) is 7.80. The monoisotopic (exact) mass is 482 g/mol. The van der Waals surface area contributed by atoms with Crippen LogP contribution in [0.25, 0.3) is 76.7 Å². The Hall–Kier alpha value is -5.08. The van der Waals surface area contributed by atoms with Crippen LogP contribution in [-0.4, -0.2) is 8.97 Å². The molecule has 9 rings (SSSR count). The van der Waals surface area contributed by atoms with E-state index < -0.39 is 0 Å². The summed E-state index contributed by atoms with van der Waals surface area (Å²) in [7, 11) is 0. The van der Waals surface area contributed by atoms with Crippen molar-refractivity contribution in [1.82, 2.24) is 8.97 Å². The van der Waals surface area contributed by atoms with Gasteiger partial charge in [-0.2, -0.15) is 0 Å². The van der Waals surface area contributed by atoms with Gasteiger partial charge in [0.05, 0.1) is 33.3 Å². The highest BCUT2D eigenvalue weighted by molar-refractivity contribution is 6.33. The van der Waals surface area contributed by atoms with Crippen molar-refractivity contribution in [2.45, 2.75) is 0 Å². The normalized spacial score (nSPS) is 12.2. The van der Waals surface area contributed by atoms with Crippen LogP contribution in [0.5, 0.6) is 0 Å². The van der Waals surface area contributed by atoms with E-state index in [2.05, 4.69) is 142 Å². The van der Waals surface area contributed by atoms with Crippen LogP contribution in [-0.2, 0) is 0 Å². The number of hydrogen-bond donors (Lipinski definition) is 0. The molecule has 0 bridgehead atoms. The first kappa shape index (κ1) is 20.0. The lowest BCUT2D eigenvalue weighted by Gasteiger charge is -2.14. The van der Waals surface area contributed by atoms with Crippen molar-refractivity contribution in [1.29, 1.82) is 0 Å². The molecule has 0 fully saturated rings. The fourth-order valence-corrected chi connectivity index (χ4v) is 6.76. The number of nitrogens with zero attached hydrogens (tertiary/aromatic N) is 2. The van der Waals surface area contributed by atoms with Crippen LogP contribution in [0.4, 0.5) is 0 Å². The number of para-hydroxylation sites is 3. The molecule has 2 nitrogen and oxygen atoms in total. The molecule has 2 heteroatoms. The first-order chi connectivity index (χ1) is 18.9. The highest BCUT2D eigenvalue weighted by atomic mass is 15.0. The van der Waals surface area contributed by atoms with Gasteiger partial charge in [-0.25, -0.2) is 0 Å². The molecule has 0 atom stereocenters. The van der Waals surface area contributed by atoms with E-state index in [9.17, 15) is 0 Å². The third-order valence-electron chi connectivity index (χ3n) is 8.25. The summed E-state index contributed by atoms with van der Waals surface area (Å²) in [6, 6.07) is 48.6. The van der Waals surface area contributed by atoms with Crippen molar-refractivity contribution < 1.29 is 0 Å². The second-order valence-electron chi connectivity index (χ2n) is 10.1. The van der Waals surface area contributed by atoms with Crippen LogP contribution in [0, 0.1) is 0 Å². The number of rotatable bonds is 2. The molecule has 0 radical (unpaired) electrons. The molecule has 0 aliphatic heterocycles. The van der Waals surface area contributed by atoms with Gasteiger partial charge in [0, 0.05) is 32.5 Å². The molecule has 6 aromatic carbocycles. The van der Waals surface area contributed by atoms with Gasteiger partial charge >= 0.3 is 0 Å². The Morgan fingerprint density at radius 2 is 0.974 bits per heavy atom. The molecule has 0 spiro atoms. The van der Waals surface area contributed by atoms with Crippen molar-refractivity contribution in [3.63, 3.8) is 0 Å². The average molecular weight is 483 g/mol. The topological polar surface area (TPSA) is 9.34 Å². The van der Waals surface area contributed by atoms with Crippen LogP contribution in [0.15, 0.2) is 133 Å². The molecule has 0 N–H and O–H groups in total. The maximum atomic E-state index is 2.50. The van der Waals surface area contributed by atoms with E-state index in [1.807, 2.05) is 0 Å². The predicted molar refractivity (Wildman–Crippen MR) is 161 cm³/mol. The maximum absolute atomic E-state index is 2.50. The molecule has 3 heterocycles. The van der Waals surface area contributed by atoms with Crippen LogP contribution in [0.1, 0.15) is 0 Å². The standard InChI is InChI=1S/C36H22N2/c1-2-11-23(12-3-1)24-13-4-7-17-29(24)37-32-20-10-16-27-25-14-5-8-18-30(25)38-31-19-9-6-15-26(31)28-21-22-33(37)35(34(27)32)36(28)38/h1-22H. The molecule has 0 saturated carbocycles. The van der Waals surface area contributed by atoms with E-state index in [1.165, 1.54) is 76.7 Å². The minimum Gasteiger partial charge on any atom is -0.309 e. The van der Waals surface area contributed by atoms with Gasteiger partial charge in [0.2, 0.25) is 0 Å². The van der Waals surface area contributed by atoms with E-state index in [0.717, 1.165) is 0 Å². The molecule has 0 amide bonds. The summed E-state index contributed by atoms with van der Waals surface area (Å²) in [5.74, 6) is 0. The lowest BCUT2D eigenvalue weighted by molar-refractivity contribution is 1.18. The van der Waals surface area contributed by atoms with Crippen molar-refractivity contribution in [3.05, 3.63) is 133 Å². The number of aromatic nitrogens is 2. The van der Waals surface area contributed by atoms with Gasteiger partial charge in [0.1, 0.15) is 0 Å². The zero-order valence-electron chi connectivity index (χ0n) is 20.6. The lowest BCUT2D eigenvalue weighted by Crippen LogP contribution is -1.97. The third kappa shape index (κ3) is 2.42. The second kappa shape index (κ2) is 7.24. The summed E-state index contributed by atoms with van der Waals surface area (Å²) >= 11 is 0. The zero-order valence-corrected chi connectivity index (χ0v) is 20.6. The second-order valence-corrected chi connectivity index (χ2v) is 10.1. The van der Waals surface area contributed by atoms with Gasteiger partial charge in [-0.05, 0) is 41.3 Å². The smallest absolute Gasteiger partial charge is 0.0641 e. The Morgan fingerprint density at radius 3 is 1.79 bits per heavy atom. The van der Waals surface area contributed by atoms with E-state index >= 15 is 0 Å². The van der Waals surface area contributed by atoms with E-state index in [-0.39, 0.29) is 0 Å². The van der Waals surface area contributed by atoms with Gasteiger partial charge < -0.3 is 8.97 Å². The quantitative estimate of drug-likeness (QED) is 0.232. The maximum Gasteiger partial charge on any atom is 0.0641 e. The molecular weight excluding hydrogens is 460 g/mol. The Balaban J connectivity index is 1.60. The highest BCUT2D eigenvalue weighted by Crippen LogP contribution is 2.45. The number of hydrogen-bond acceptors (Lipinski definition) is 0. The zero-order chi connectivity index (χ0) is 24.8. The third-order valence-corrected chi connectivity index (χ3v) is 8.25. The summed E-state index contributed by atoms with van der Waals surface area (Å²) < 4.78 is 4.97. The predicted octanol–water partition coefficient (Wildman–Crippen LogP) is 9.60. The molecule has 0 saturated heterocycles. The van der Waals surface area contributed by atoms with Crippen molar-refractivity contribution in [2.75, 3.05) is 0 Å². The fraction of sp³-hybridized carbons (Fsp3) is 0. The van der Waals surface area contributed by atoms with Crippen molar-refractivity contribution >= 4 is 59.9 Å². The van der Waals surface area contributed by atoms with E-state index in [0.29, 0.717) is 0 Å². The molecule has 38 heavy (non-hydrogen) atoms. The van der Waals surface area contributed by atoms with Crippen molar-refractivity contribution in [2.24, 2.45) is 0 Å². The van der Waals surface area contributed by atoms with E-state index in [4.69, 9.17) is 0 Å².